The number of rotatable bonds is 3. The number of aryl methyl sites for hydroxylation is 1. The molecule has 0 bridgehead atoms. The topological polar surface area (TPSA) is 70.5 Å². The van der Waals surface area contributed by atoms with E-state index in [4.69, 9.17) is 16.7 Å². The van der Waals surface area contributed by atoms with Gasteiger partial charge in [0.15, 0.2) is 0 Å². The third-order valence-corrected chi connectivity index (χ3v) is 3.87. The fraction of sp³-hybridized carbons (Fsp3) is 0.500. The number of halogens is 1. The molecule has 2 rings (SSSR count). The first-order valence-corrected chi connectivity index (χ1v) is 6.98. The molecule has 1 aliphatic rings. The molecule has 1 saturated heterocycles. The quantitative estimate of drug-likeness (QED) is 0.867. The highest BCUT2D eigenvalue weighted by Gasteiger charge is 2.37. The van der Waals surface area contributed by atoms with Crippen molar-refractivity contribution >= 4 is 23.5 Å². The zero-order chi connectivity index (χ0) is 14.9. The lowest BCUT2D eigenvalue weighted by Gasteiger charge is -2.16. The summed E-state index contributed by atoms with van der Waals surface area (Å²) in [5.74, 6) is -1.57. The summed E-state index contributed by atoms with van der Waals surface area (Å²) in [4.78, 5) is 29.2. The smallest absolute Gasteiger partial charge is 0.308 e. The van der Waals surface area contributed by atoms with Crippen molar-refractivity contribution in [3.05, 3.63) is 28.5 Å². The van der Waals surface area contributed by atoms with Crippen LogP contribution in [0, 0.1) is 11.8 Å². The molecule has 0 radical (unpaired) electrons. The van der Waals surface area contributed by atoms with Crippen LogP contribution >= 0.6 is 11.6 Å². The zero-order valence-corrected chi connectivity index (χ0v) is 12.2. The number of carbonyl (C=O) groups is 2. The average Bonchev–Trinajstić information content (AvgIpc) is 2.79. The number of amides is 1. The second kappa shape index (κ2) is 5.79. The summed E-state index contributed by atoms with van der Waals surface area (Å²) in [7, 11) is 0. The van der Waals surface area contributed by atoms with Gasteiger partial charge in [0.2, 0.25) is 0 Å². The molecule has 108 valence electrons. The molecule has 1 aromatic heterocycles. The highest BCUT2D eigenvalue weighted by Crippen LogP contribution is 2.25. The lowest BCUT2D eigenvalue weighted by Crippen LogP contribution is -2.30. The summed E-state index contributed by atoms with van der Waals surface area (Å²) in [5, 5.41) is 9.40. The number of aliphatic carboxylic acids is 1. The van der Waals surface area contributed by atoms with Gasteiger partial charge in [-0.25, -0.2) is 4.98 Å². The number of hydrogen-bond donors (Lipinski definition) is 1. The van der Waals surface area contributed by atoms with Crippen LogP contribution in [0.4, 0.5) is 0 Å². The number of carbonyl (C=O) groups excluding carboxylic acids is 1. The Morgan fingerprint density at radius 1 is 1.45 bits per heavy atom. The first-order valence-electron chi connectivity index (χ1n) is 6.61. The van der Waals surface area contributed by atoms with E-state index >= 15 is 0 Å². The van der Waals surface area contributed by atoms with E-state index in [0.29, 0.717) is 18.5 Å². The van der Waals surface area contributed by atoms with Crippen LogP contribution in [0.2, 0.25) is 5.15 Å². The molecule has 1 fully saturated rings. The van der Waals surface area contributed by atoms with Crippen LogP contribution in [0.3, 0.4) is 0 Å². The lowest BCUT2D eigenvalue weighted by molar-refractivity contribution is -0.142. The van der Waals surface area contributed by atoms with Crippen LogP contribution in [0.15, 0.2) is 12.1 Å². The molecular formula is C14H17ClN2O3. The SMILES string of the molecule is CCc1cc(C(=O)N2CC(C)C(C(=O)O)C2)cc(Cl)n1. The predicted octanol–water partition coefficient (Wildman–Crippen LogP) is 2.09. The number of pyridine rings is 1. The largest absolute Gasteiger partial charge is 0.481 e. The van der Waals surface area contributed by atoms with Gasteiger partial charge in [-0.05, 0) is 24.5 Å². The molecule has 2 heterocycles. The Morgan fingerprint density at radius 3 is 2.70 bits per heavy atom. The van der Waals surface area contributed by atoms with Crippen LogP contribution in [0.5, 0.6) is 0 Å². The van der Waals surface area contributed by atoms with Crippen LogP contribution in [0.25, 0.3) is 0 Å². The molecule has 0 saturated carbocycles. The molecule has 0 spiro atoms. The summed E-state index contributed by atoms with van der Waals surface area (Å²) in [6, 6.07) is 3.24. The number of carboxylic acids is 1. The van der Waals surface area contributed by atoms with E-state index in [0.717, 1.165) is 5.69 Å². The molecule has 1 aromatic rings. The Bertz CT molecular complexity index is 547. The predicted molar refractivity (Wildman–Crippen MR) is 74.8 cm³/mol. The van der Waals surface area contributed by atoms with E-state index in [1.54, 1.807) is 11.0 Å². The summed E-state index contributed by atoms with van der Waals surface area (Å²) < 4.78 is 0. The van der Waals surface area contributed by atoms with Crippen LogP contribution in [-0.4, -0.2) is 40.0 Å². The van der Waals surface area contributed by atoms with Gasteiger partial charge >= 0.3 is 5.97 Å². The molecule has 0 aliphatic carbocycles. The summed E-state index contributed by atoms with van der Waals surface area (Å²) in [6.07, 6.45) is 0.689. The number of carboxylic acid groups (broad SMARTS) is 1. The standard InChI is InChI=1S/C14H17ClN2O3/c1-3-10-4-9(5-12(15)16-10)13(18)17-6-8(2)11(7-17)14(19)20/h4-5,8,11H,3,6-7H2,1-2H3,(H,19,20). The minimum absolute atomic E-state index is 0.0422. The molecule has 2 unspecified atom stereocenters. The van der Waals surface area contributed by atoms with Crippen molar-refractivity contribution in [3.63, 3.8) is 0 Å². The highest BCUT2D eigenvalue weighted by atomic mass is 35.5. The first kappa shape index (κ1) is 14.8. The Balaban J connectivity index is 2.20. The van der Waals surface area contributed by atoms with Crippen LogP contribution in [0.1, 0.15) is 29.9 Å². The first-order chi connectivity index (χ1) is 9.42. The maximum Gasteiger partial charge on any atom is 0.308 e. The monoisotopic (exact) mass is 296 g/mol. The summed E-state index contributed by atoms with van der Waals surface area (Å²) >= 11 is 5.91. The number of aromatic nitrogens is 1. The average molecular weight is 297 g/mol. The van der Waals surface area contributed by atoms with E-state index < -0.39 is 11.9 Å². The van der Waals surface area contributed by atoms with Crippen molar-refractivity contribution < 1.29 is 14.7 Å². The van der Waals surface area contributed by atoms with Gasteiger partial charge in [-0.15, -0.1) is 0 Å². The maximum absolute atomic E-state index is 12.4. The van der Waals surface area contributed by atoms with Gasteiger partial charge in [0.25, 0.3) is 5.91 Å². The van der Waals surface area contributed by atoms with Gasteiger partial charge in [0, 0.05) is 24.3 Å². The van der Waals surface area contributed by atoms with Gasteiger partial charge in [0.1, 0.15) is 5.15 Å². The molecule has 0 aromatic carbocycles. The van der Waals surface area contributed by atoms with Crippen molar-refractivity contribution in [2.45, 2.75) is 20.3 Å². The maximum atomic E-state index is 12.4. The Labute approximate surface area is 122 Å². The minimum atomic E-state index is -0.852. The normalized spacial score (nSPS) is 22.1. The van der Waals surface area contributed by atoms with Crippen molar-refractivity contribution in [2.75, 3.05) is 13.1 Å². The third-order valence-electron chi connectivity index (χ3n) is 3.67. The molecular weight excluding hydrogens is 280 g/mol. The molecule has 1 N–H and O–H groups in total. The van der Waals surface area contributed by atoms with E-state index in [9.17, 15) is 9.59 Å². The fourth-order valence-electron chi connectivity index (χ4n) is 2.49. The van der Waals surface area contributed by atoms with E-state index in [1.165, 1.54) is 6.07 Å². The number of hydrogen-bond acceptors (Lipinski definition) is 3. The summed E-state index contributed by atoms with van der Waals surface area (Å²) in [6.45, 7) is 4.49. The second-order valence-electron chi connectivity index (χ2n) is 5.16. The van der Waals surface area contributed by atoms with Crippen molar-refractivity contribution in [1.82, 2.24) is 9.88 Å². The van der Waals surface area contributed by atoms with E-state index in [-0.39, 0.29) is 23.5 Å². The number of nitrogens with zero attached hydrogens (tertiary/aromatic N) is 2. The van der Waals surface area contributed by atoms with Crippen molar-refractivity contribution in [2.24, 2.45) is 11.8 Å². The van der Waals surface area contributed by atoms with Gasteiger partial charge in [-0.1, -0.05) is 25.4 Å². The van der Waals surface area contributed by atoms with E-state index in [2.05, 4.69) is 4.98 Å². The summed E-state index contributed by atoms with van der Waals surface area (Å²) in [5.41, 5.74) is 1.22. The minimum Gasteiger partial charge on any atom is -0.481 e. The number of likely N-dealkylation sites (tertiary alicyclic amines) is 1. The fourth-order valence-corrected chi connectivity index (χ4v) is 2.72. The zero-order valence-electron chi connectivity index (χ0n) is 11.5. The Kier molecular flexibility index (Phi) is 4.28. The Morgan fingerprint density at radius 2 is 2.15 bits per heavy atom. The van der Waals surface area contributed by atoms with Gasteiger partial charge in [-0.3, -0.25) is 9.59 Å². The lowest BCUT2D eigenvalue weighted by atomic mass is 9.99. The highest BCUT2D eigenvalue weighted by molar-refractivity contribution is 6.29. The molecule has 2 atom stereocenters. The second-order valence-corrected chi connectivity index (χ2v) is 5.54. The van der Waals surface area contributed by atoms with Gasteiger partial charge < -0.3 is 10.0 Å². The Hall–Kier alpha value is -1.62. The molecule has 5 nitrogen and oxygen atoms in total. The molecule has 1 aliphatic heterocycles. The van der Waals surface area contributed by atoms with Crippen molar-refractivity contribution in [1.29, 1.82) is 0 Å². The van der Waals surface area contributed by atoms with E-state index in [1.807, 2.05) is 13.8 Å². The molecule has 20 heavy (non-hydrogen) atoms. The van der Waals surface area contributed by atoms with Gasteiger partial charge in [0.05, 0.1) is 5.92 Å². The van der Waals surface area contributed by atoms with Gasteiger partial charge in [-0.2, -0.15) is 0 Å². The molecule has 6 heteroatoms. The third kappa shape index (κ3) is 2.93. The van der Waals surface area contributed by atoms with Crippen molar-refractivity contribution in [3.8, 4) is 0 Å². The molecule has 1 amide bonds. The van der Waals surface area contributed by atoms with Crippen LogP contribution in [-0.2, 0) is 11.2 Å². The van der Waals surface area contributed by atoms with Crippen LogP contribution < -0.4 is 0 Å².